The van der Waals surface area contributed by atoms with Crippen LogP contribution in [-0.2, 0) is 0 Å². The van der Waals surface area contributed by atoms with Gasteiger partial charge in [0.15, 0.2) is 0 Å². The van der Waals surface area contributed by atoms with Crippen molar-refractivity contribution in [3.63, 3.8) is 0 Å². The molecule has 0 aliphatic carbocycles. The Morgan fingerprint density at radius 1 is 1.62 bits per heavy atom. The number of fused-ring (bicyclic) bond motifs is 1. The van der Waals surface area contributed by atoms with Gasteiger partial charge >= 0.3 is 0 Å². The summed E-state index contributed by atoms with van der Waals surface area (Å²) in [6.07, 6.45) is 2.70. The van der Waals surface area contributed by atoms with Gasteiger partial charge in [-0.1, -0.05) is 15.9 Å². The van der Waals surface area contributed by atoms with Crippen molar-refractivity contribution < 1.29 is 9.52 Å². The van der Waals surface area contributed by atoms with Crippen LogP contribution in [0.25, 0.3) is 11.1 Å². The van der Waals surface area contributed by atoms with Crippen LogP contribution < -0.4 is 0 Å². The molecular formula is C9H8BrNO2. The molecule has 2 aromatic rings. The second-order valence-electron chi connectivity index (χ2n) is 2.75. The quantitative estimate of drug-likeness (QED) is 0.821. The molecule has 0 aliphatic rings. The van der Waals surface area contributed by atoms with E-state index in [4.69, 9.17) is 4.42 Å². The number of pyridine rings is 1. The van der Waals surface area contributed by atoms with Gasteiger partial charge in [-0.15, -0.1) is 0 Å². The average molecular weight is 242 g/mol. The summed E-state index contributed by atoms with van der Waals surface area (Å²) in [6.45, 7) is 0. The first-order chi connectivity index (χ1) is 6.31. The van der Waals surface area contributed by atoms with Crippen molar-refractivity contribution >= 4 is 27.0 Å². The minimum atomic E-state index is -0.508. The molecule has 0 amide bonds. The van der Waals surface area contributed by atoms with Crippen LogP contribution in [0.4, 0.5) is 0 Å². The molecule has 68 valence electrons. The zero-order chi connectivity index (χ0) is 9.26. The summed E-state index contributed by atoms with van der Waals surface area (Å²) < 4.78 is 5.08. The highest BCUT2D eigenvalue weighted by Gasteiger charge is 2.07. The molecule has 2 aromatic heterocycles. The van der Waals surface area contributed by atoms with Crippen LogP contribution in [0.5, 0.6) is 0 Å². The SMILES string of the molecule is OC(CBr)c1cnc2occc2c1. The third-order valence-electron chi connectivity index (χ3n) is 1.86. The molecule has 0 bridgehead atoms. The van der Waals surface area contributed by atoms with Gasteiger partial charge in [0.05, 0.1) is 12.4 Å². The highest BCUT2D eigenvalue weighted by Crippen LogP contribution is 2.19. The van der Waals surface area contributed by atoms with Gasteiger partial charge in [-0.25, -0.2) is 4.98 Å². The van der Waals surface area contributed by atoms with Gasteiger partial charge in [0.2, 0.25) is 5.71 Å². The summed E-state index contributed by atoms with van der Waals surface area (Å²) in [5, 5.41) is 10.9. The lowest BCUT2D eigenvalue weighted by molar-refractivity contribution is 0.205. The predicted molar refractivity (Wildman–Crippen MR) is 52.8 cm³/mol. The highest BCUT2D eigenvalue weighted by molar-refractivity contribution is 9.09. The Kier molecular flexibility index (Phi) is 2.33. The first-order valence-corrected chi connectivity index (χ1v) is 5.00. The molecule has 0 aliphatic heterocycles. The minimum absolute atomic E-state index is 0.508. The van der Waals surface area contributed by atoms with E-state index in [1.807, 2.05) is 12.1 Å². The number of hydrogen-bond donors (Lipinski definition) is 1. The average Bonchev–Trinajstić information content (AvgIpc) is 2.63. The fraction of sp³-hybridized carbons (Fsp3) is 0.222. The second kappa shape index (κ2) is 3.47. The molecule has 13 heavy (non-hydrogen) atoms. The Bertz CT molecular complexity index is 413. The minimum Gasteiger partial charge on any atom is -0.446 e. The number of rotatable bonds is 2. The largest absolute Gasteiger partial charge is 0.446 e. The van der Waals surface area contributed by atoms with Crippen molar-refractivity contribution in [2.45, 2.75) is 6.10 Å². The number of hydrogen-bond acceptors (Lipinski definition) is 3. The van der Waals surface area contributed by atoms with Crippen LogP contribution in [0.3, 0.4) is 0 Å². The number of halogens is 1. The number of aromatic nitrogens is 1. The number of aliphatic hydroxyl groups is 1. The van der Waals surface area contributed by atoms with E-state index in [0.717, 1.165) is 10.9 Å². The summed E-state index contributed by atoms with van der Waals surface area (Å²) in [4.78, 5) is 4.06. The van der Waals surface area contributed by atoms with Gasteiger partial charge in [0, 0.05) is 22.5 Å². The van der Waals surface area contributed by atoms with Crippen molar-refractivity contribution in [2.24, 2.45) is 0 Å². The maximum atomic E-state index is 9.51. The van der Waals surface area contributed by atoms with Gasteiger partial charge < -0.3 is 9.52 Å². The molecular weight excluding hydrogens is 234 g/mol. The molecule has 0 radical (unpaired) electrons. The van der Waals surface area contributed by atoms with E-state index in [2.05, 4.69) is 20.9 Å². The van der Waals surface area contributed by atoms with Crippen molar-refractivity contribution in [3.8, 4) is 0 Å². The molecule has 4 heteroatoms. The molecule has 2 rings (SSSR count). The molecule has 0 saturated carbocycles. The standard InChI is InChI=1S/C9H8BrNO2/c10-4-8(12)7-3-6-1-2-13-9(6)11-5-7/h1-3,5,8,12H,4H2. The summed E-state index contributed by atoms with van der Waals surface area (Å²) in [5.41, 5.74) is 1.40. The highest BCUT2D eigenvalue weighted by atomic mass is 79.9. The third-order valence-corrected chi connectivity index (χ3v) is 2.47. The summed E-state index contributed by atoms with van der Waals surface area (Å²) in [7, 11) is 0. The molecule has 0 saturated heterocycles. The molecule has 0 spiro atoms. The van der Waals surface area contributed by atoms with Crippen LogP contribution >= 0.6 is 15.9 Å². The lowest BCUT2D eigenvalue weighted by Crippen LogP contribution is -1.98. The smallest absolute Gasteiger partial charge is 0.225 e. The van der Waals surface area contributed by atoms with E-state index >= 15 is 0 Å². The Labute approximate surface area is 83.5 Å². The van der Waals surface area contributed by atoms with Crippen LogP contribution in [0, 0.1) is 0 Å². The van der Waals surface area contributed by atoms with E-state index in [0.29, 0.717) is 11.0 Å². The van der Waals surface area contributed by atoms with Crippen molar-refractivity contribution in [1.29, 1.82) is 0 Å². The Hall–Kier alpha value is -0.870. The van der Waals surface area contributed by atoms with E-state index in [9.17, 15) is 5.11 Å². The van der Waals surface area contributed by atoms with Gasteiger partial charge in [-0.3, -0.25) is 0 Å². The lowest BCUT2D eigenvalue weighted by atomic mass is 10.1. The van der Waals surface area contributed by atoms with Gasteiger partial charge in [-0.2, -0.15) is 0 Å². The molecule has 2 heterocycles. The Balaban J connectivity index is 2.48. The molecule has 1 N–H and O–H groups in total. The number of furan rings is 1. The first kappa shape index (κ1) is 8.72. The maximum absolute atomic E-state index is 9.51. The van der Waals surface area contributed by atoms with Crippen molar-refractivity contribution in [3.05, 3.63) is 30.2 Å². The van der Waals surface area contributed by atoms with Gasteiger partial charge in [0.25, 0.3) is 0 Å². The summed E-state index contributed by atoms with van der Waals surface area (Å²) >= 11 is 3.21. The number of nitrogens with zero attached hydrogens (tertiary/aromatic N) is 1. The maximum Gasteiger partial charge on any atom is 0.225 e. The molecule has 1 unspecified atom stereocenters. The summed E-state index contributed by atoms with van der Waals surface area (Å²) in [5.74, 6) is 0. The predicted octanol–water partition coefficient (Wildman–Crippen LogP) is 2.26. The van der Waals surface area contributed by atoms with Crippen LogP contribution in [0.2, 0.25) is 0 Å². The van der Waals surface area contributed by atoms with E-state index in [-0.39, 0.29) is 0 Å². The second-order valence-corrected chi connectivity index (χ2v) is 3.40. The van der Waals surface area contributed by atoms with Crippen LogP contribution in [-0.4, -0.2) is 15.4 Å². The monoisotopic (exact) mass is 241 g/mol. The van der Waals surface area contributed by atoms with Gasteiger partial charge in [-0.05, 0) is 12.1 Å². The molecule has 3 nitrogen and oxygen atoms in total. The fourth-order valence-corrected chi connectivity index (χ4v) is 1.52. The van der Waals surface area contributed by atoms with E-state index in [1.54, 1.807) is 12.5 Å². The summed E-state index contributed by atoms with van der Waals surface area (Å²) in [6, 6.07) is 3.70. The lowest BCUT2D eigenvalue weighted by Gasteiger charge is -2.05. The number of alkyl halides is 1. The van der Waals surface area contributed by atoms with Crippen molar-refractivity contribution in [2.75, 3.05) is 5.33 Å². The van der Waals surface area contributed by atoms with Crippen molar-refractivity contribution in [1.82, 2.24) is 4.98 Å². The molecule has 1 atom stereocenters. The normalized spacial score (nSPS) is 13.4. The number of aliphatic hydroxyl groups excluding tert-OH is 1. The fourth-order valence-electron chi connectivity index (χ4n) is 1.15. The van der Waals surface area contributed by atoms with Crippen LogP contribution in [0.1, 0.15) is 11.7 Å². The topological polar surface area (TPSA) is 46.3 Å². The van der Waals surface area contributed by atoms with Crippen LogP contribution in [0.15, 0.2) is 29.0 Å². The zero-order valence-corrected chi connectivity index (χ0v) is 8.36. The first-order valence-electron chi connectivity index (χ1n) is 3.88. The molecule has 0 fully saturated rings. The van der Waals surface area contributed by atoms with E-state index < -0.39 is 6.10 Å². The van der Waals surface area contributed by atoms with E-state index in [1.165, 1.54) is 0 Å². The Morgan fingerprint density at radius 2 is 2.46 bits per heavy atom. The van der Waals surface area contributed by atoms with Gasteiger partial charge in [0.1, 0.15) is 0 Å². The Morgan fingerprint density at radius 3 is 3.23 bits per heavy atom. The molecule has 0 aromatic carbocycles. The zero-order valence-electron chi connectivity index (χ0n) is 6.77. The third kappa shape index (κ3) is 1.59.